The van der Waals surface area contributed by atoms with Crippen molar-refractivity contribution in [3.63, 3.8) is 0 Å². The van der Waals surface area contributed by atoms with Gasteiger partial charge in [0.05, 0.1) is 17.3 Å². The van der Waals surface area contributed by atoms with E-state index in [0.29, 0.717) is 34.0 Å². The molecule has 0 bridgehead atoms. The molecule has 0 aromatic heterocycles. The summed E-state index contributed by atoms with van der Waals surface area (Å²) in [6.45, 7) is 20.4. The molecule has 0 radical (unpaired) electrons. The van der Waals surface area contributed by atoms with Crippen LogP contribution in [0, 0.1) is 45.3 Å². The molecule has 1 saturated heterocycles. The molecule has 1 N–H and O–H groups in total. The van der Waals surface area contributed by atoms with Crippen LogP contribution in [0.3, 0.4) is 0 Å². The molecule has 1 aliphatic heterocycles. The lowest BCUT2D eigenvalue weighted by atomic mass is 9.35. The fourth-order valence-corrected chi connectivity index (χ4v) is 11.5. The van der Waals surface area contributed by atoms with Gasteiger partial charge in [0.1, 0.15) is 6.10 Å². The predicted molar refractivity (Wildman–Crippen MR) is 143 cm³/mol. The van der Waals surface area contributed by atoms with E-state index in [2.05, 4.69) is 41.5 Å². The highest BCUT2D eigenvalue weighted by atomic mass is 16.5. The van der Waals surface area contributed by atoms with Gasteiger partial charge in [-0.25, -0.2) is 0 Å². The van der Waals surface area contributed by atoms with Crippen LogP contribution in [-0.4, -0.2) is 34.5 Å². The number of fused-ring (bicyclic) bond motifs is 5. The highest BCUT2D eigenvalue weighted by molar-refractivity contribution is 5.66. The lowest BCUT2D eigenvalue weighted by Gasteiger charge is -2.70. The number of hydrogen-bond donors (Lipinski definition) is 1. The van der Waals surface area contributed by atoms with Gasteiger partial charge in [-0.05, 0) is 125 Å². The Morgan fingerprint density at radius 2 is 1.47 bits per heavy atom. The first-order chi connectivity index (χ1) is 16.5. The summed E-state index contributed by atoms with van der Waals surface area (Å²) < 4.78 is 12.6. The molecule has 1 heterocycles. The van der Waals surface area contributed by atoms with Gasteiger partial charge >= 0.3 is 5.97 Å². The van der Waals surface area contributed by atoms with Crippen LogP contribution in [0.25, 0.3) is 0 Å². The average Bonchev–Trinajstić information content (AvgIpc) is 3.32. The zero-order valence-electron chi connectivity index (χ0n) is 24.7. The van der Waals surface area contributed by atoms with E-state index < -0.39 is 5.60 Å². The van der Waals surface area contributed by atoms with E-state index in [9.17, 15) is 9.90 Å². The summed E-state index contributed by atoms with van der Waals surface area (Å²) >= 11 is 0. The summed E-state index contributed by atoms with van der Waals surface area (Å²) in [5, 5.41) is 10.7. The van der Waals surface area contributed by atoms with Crippen molar-refractivity contribution in [3.05, 3.63) is 0 Å². The Kier molecular flexibility index (Phi) is 6.14. The van der Waals surface area contributed by atoms with Crippen molar-refractivity contribution in [1.29, 1.82) is 0 Å². The minimum Gasteiger partial charge on any atom is -0.462 e. The Hall–Kier alpha value is -0.610. The Bertz CT molecular complexity index is 889. The number of esters is 1. The van der Waals surface area contributed by atoms with Crippen molar-refractivity contribution < 1.29 is 19.4 Å². The van der Waals surface area contributed by atoms with E-state index in [1.54, 1.807) is 6.92 Å². The van der Waals surface area contributed by atoms with Crippen molar-refractivity contribution in [1.82, 2.24) is 0 Å². The molecular formula is C32H54O4. The fraction of sp³-hybridized carbons (Fsp3) is 0.969. The van der Waals surface area contributed by atoms with Crippen LogP contribution in [0.5, 0.6) is 0 Å². The van der Waals surface area contributed by atoms with E-state index in [-0.39, 0.29) is 29.2 Å². The molecule has 5 aliphatic rings. The zero-order valence-corrected chi connectivity index (χ0v) is 24.7. The van der Waals surface area contributed by atoms with E-state index in [1.807, 2.05) is 13.8 Å². The Morgan fingerprint density at radius 3 is 2.08 bits per heavy atom. The first-order valence-electron chi connectivity index (χ1n) is 15.1. The smallest absolute Gasteiger partial charge is 0.302 e. The summed E-state index contributed by atoms with van der Waals surface area (Å²) in [5.41, 5.74) is 0.122. The van der Waals surface area contributed by atoms with Crippen LogP contribution in [-0.2, 0) is 14.3 Å². The SMILES string of the molecule is CC(=O)OC1CCC2(C)C(CCC3(C)C2CCC2C(C4(C)CCC(C(C)(C)O)O4)CCC23C)C1(C)C. The predicted octanol–water partition coefficient (Wildman–Crippen LogP) is 7.31. The van der Waals surface area contributed by atoms with Crippen LogP contribution in [0.15, 0.2) is 0 Å². The number of hydrogen-bond acceptors (Lipinski definition) is 4. The highest BCUT2D eigenvalue weighted by Crippen LogP contribution is 2.76. The average molecular weight is 503 g/mol. The summed E-state index contributed by atoms with van der Waals surface area (Å²) in [6, 6.07) is 0. The first-order valence-corrected chi connectivity index (χ1v) is 15.1. The van der Waals surface area contributed by atoms with Gasteiger partial charge in [-0.15, -0.1) is 0 Å². The molecule has 0 aromatic rings. The second-order valence-corrected chi connectivity index (χ2v) is 15.9. The monoisotopic (exact) mass is 502 g/mol. The molecule has 4 aliphatic carbocycles. The second-order valence-electron chi connectivity index (χ2n) is 15.9. The third kappa shape index (κ3) is 3.62. The van der Waals surface area contributed by atoms with Crippen molar-refractivity contribution in [2.24, 2.45) is 45.3 Å². The van der Waals surface area contributed by atoms with Crippen LogP contribution in [0.1, 0.15) is 127 Å². The zero-order chi connectivity index (χ0) is 26.5. The Labute approximate surface area is 220 Å². The van der Waals surface area contributed by atoms with E-state index in [1.165, 1.54) is 44.9 Å². The topological polar surface area (TPSA) is 55.8 Å². The maximum absolute atomic E-state index is 11.9. The number of carbonyl (C=O) groups excluding carboxylic acids is 1. The lowest BCUT2D eigenvalue weighted by molar-refractivity contribution is -0.231. The number of rotatable bonds is 3. The van der Waals surface area contributed by atoms with Crippen molar-refractivity contribution in [2.75, 3.05) is 0 Å². The van der Waals surface area contributed by atoms with Crippen LogP contribution in [0.4, 0.5) is 0 Å². The third-order valence-corrected chi connectivity index (χ3v) is 13.5. The van der Waals surface area contributed by atoms with Gasteiger partial charge in [0.15, 0.2) is 0 Å². The number of ether oxygens (including phenoxy) is 2. The highest BCUT2D eigenvalue weighted by Gasteiger charge is 2.70. The number of aliphatic hydroxyl groups is 1. The van der Waals surface area contributed by atoms with E-state index in [4.69, 9.17) is 9.47 Å². The largest absolute Gasteiger partial charge is 0.462 e. The van der Waals surface area contributed by atoms with Gasteiger partial charge in [-0.1, -0.05) is 34.6 Å². The molecule has 5 rings (SSSR count). The maximum atomic E-state index is 11.9. The van der Waals surface area contributed by atoms with E-state index in [0.717, 1.165) is 25.2 Å². The summed E-state index contributed by atoms with van der Waals surface area (Å²) in [5.74, 6) is 2.49. The van der Waals surface area contributed by atoms with Gasteiger partial charge in [0, 0.05) is 12.3 Å². The normalized spacial score (nSPS) is 52.3. The minimum atomic E-state index is -0.770. The Balaban J connectivity index is 1.42. The molecule has 10 atom stereocenters. The van der Waals surface area contributed by atoms with Gasteiger partial charge in [0.25, 0.3) is 0 Å². The standard InChI is InChI=1S/C32H54O4/c1-20(33)35-25-14-16-29(6)23(27(25,2)3)13-18-31(8)24(29)11-10-21-22(12-17-30(21,31)7)32(9)19-15-26(36-32)28(4,5)34/h21-26,34H,10-19H2,1-9H3. The molecule has 0 amide bonds. The summed E-state index contributed by atoms with van der Waals surface area (Å²) in [7, 11) is 0. The maximum Gasteiger partial charge on any atom is 0.302 e. The van der Waals surface area contributed by atoms with Crippen LogP contribution < -0.4 is 0 Å². The van der Waals surface area contributed by atoms with Crippen molar-refractivity contribution in [3.8, 4) is 0 Å². The summed E-state index contributed by atoms with van der Waals surface area (Å²) in [4.78, 5) is 11.9. The van der Waals surface area contributed by atoms with Gasteiger partial charge in [-0.3, -0.25) is 4.79 Å². The van der Waals surface area contributed by atoms with Gasteiger partial charge in [0.2, 0.25) is 0 Å². The molecule has 10 unspecified atom stereocenters. The molecule has 4 heteroatoms. The molecule has 36 heavy (non-hydrogen) atoms. The van der Waals surface area contributed by atoms with Crippen molar-refractivity contribution >= 4 is 5.97 Å². The van der Waals surface area contributed by atoms with Crippen LogP contribution in [0.2, 0.25) is 0 Å². The lowest BCUT2D eigenvalue weighted by Crippen LogP contribution is -2.64. The molecular weight excluding hydrogens is 448 g/mol. The molecule has 5 fully saturated rings. The quantitative estimate of drug-likeness (QED) is 0.411. The first kappa shape index (κ1) is 27.0. The van der Waals surface area contributed by atoms with Crippen LogP contribution >= 0.6 is 0 Å². The van der Waals surface area contributed by atoms with E-state index >= 15 is 0 Å². The minimum absolute atomic E-state index is 0.0211. The molecule has 0 aromatic carbocycles. The molecule has 206 valence electrons. The van der Waals surface area contributed by atoms with Gasteiger partial charge < -0.3 is 14.6 Å². The Morgan fingerprint density at radius 1 is 0.806 bits per heavy atom. The number of carbonyl (C=O) groups is 1. The molecule has 0 spiro atoms. The summed E-state index contributed by atoms with van der Waals surface area (Å²) in [6.07, 6.45) is 11.9. The van der Waals surface area contributed by atoms with Gasteiger partial charge in [-0.2, -0.15) is 0 Å². The molecule has 4 saturated carbocycles. The second kappa shape index (κ2) is 8.20. The van der Waals surface area contributed by atoms with Crippen molar-refractivity contribution in [2.45, 2.75) is 150 Å². The third-order valence-electron chi connectivity index (χ3n) is 13.5. The fourth-order valence-electron chi connectivity index (χ4n) is 11.5. The molecule has 4 nitrogen and oxygen atoms in total.